The molecule has 10 heteroatoms. The molecule has 0 aliphatic rings. The quantitative estimate of drug-likeness (QED) is 0.276. The molecule has 0 fully saturated rings. The van der Waals surface area contributed by atoms with E-state index in [2.05, 4.69) is 17.0 Å². The molecule has 1 aromatic carbocycles. The second-order valence-electron chi connectivity index (χ2n) is 6.49. The summed E-state index contributed by atoms with van der Waals surface area (Å²) in [6, 6.07) is 4.40. The molecule has 0 aromatic heterocycles. The molecule has 0 saturated carbocycles. The molecule has 0 aliphatic carbocycles. The summed E-state index contributed by atoms with van der Waals surface area (Å²) in [5.74, 6) is -1.80. The van der Waals surface area contributed by atoms with Crippen LogP contribution in [0.15, 0.2) is 18.2 Å². The molecule has 0 atom stereocenters. The number of hydrogen-bond acceptors (Lipinski definition) is 9. The molecule has 1 rings (SSSR count). The van der Waals surface area contributed by atoms with Gasteiger partial charge in [0.15, 0.2) is 6.61 Å². The summed E-state index contributed by atoms with van der Waals surface area (Å²) in [5, 5.41) is 2.70. The smallest absolute Gasteiger partial charge is 0.342 e. The first-order chi connectivity index (χ1) is 15.5. The van der Waals surface area contributed by atoms with Gasteiger partial charge in [0, 0.05) is 19.8 Å². The van der Waals surface area contributed by atoms with Gasteiger partial charge in [-0.2, -0.15) is 0 Å². The zero-order valence-corrected chi connectivity index (χ0v) is 19.0. The highest BCUT2D eigenvalue weighted by atomic mass is 16.5. The summed E-state index contributed by atoms with van der Waals surface area (Å²) in [6.45, 7) is 5.42. The minimum absolute atomic E-state index is 0.00753. The monoisotopic (exact) mass is 455 g/mol. The second kappa shape index (κ2) is 16.9. The number of nitrogens with one attached hydrogen (secondary N) is 1. The normalized spacial score (nSPS) is 10.5. The van der Waals surface area contributed by atoms with Gasteiger partial charge in [-0.05, 0) is 25.0 Å². The van der Waals surface area contributed by atoms with E-state index in [1.165, 1.54) is 32.4 Å². The third-order valence-electron chi connectivity index (χ3n) is 4.06. The molecule has 1 N–H and O–H groups in total. The first-order valence-corrected chi connectivity index (χ1v) is 10.5. The van der Waals surface area contributed by atoms with Crippen LogP contribution in [0.4, 0.5) is 0 Å². The standard InChI is InChI=1S/C22H33NO9/c1-4-10-29-12-14-31-15-13-30-11-6-9-23-19(24)16-32-18-8-5-7-17(21(25)27-2)20(18)22(26)28-3/h5,7-8H,4,6,9-16H2,1-3H3,(H,23,24). The fourth-order valence-corrected chi connectivity index (χ4v) is 2.53. The summed E-state index contributed by atoms with van der Waals surface area (Å²) >= 11 is 0. The number of esters is 2. The average molecular weight is 456 g/mol. The summed E-state index contributed by atoms with van der Waals surface area (Å²) < 4.78 is 30.9. The Hall–Kier alpha value is -2.69. The minimum Gasteiger partial charge on any atom is -0.483 e. The summed E-state index contributed by atoms with van der Waals surface area (Å²) in [4.78, 5) is 36.0. The van der Waals surface area contributed by atoms with Crippen LogP contribution in [0, 0.1) is 0 Å². The first-order valence-electron chi connectivity index (χ1n) is 10.5. The number of ether oxygens (including phenoxy) is 6. The molecule has 1 amide bonds. The molecule has 0 heterocycles. The van der Waals surface area contributed by atoms with Crippen molar-refractivity contribution in [2.75, 3.05) is 67.0 Å². The molecule has 0 unspecified atom stereocenters. The van der Waals surface area contributed by atoms with Crippen LogP contribution in [0.5, 0.6) is 5.75 Å². The first kappa shape index (κ1) is 27.3. The van der Waals surface area contributed by atoms with E-state index in [0.29, 0.717) is 46.0 Å². The highest BCUT2D eigenvalue weighted by Gasteiger charge is 2.23. The van der Waals surface area contributed by atoms with Crippen LogP contribution in [0.25, 0.3) is 0 Å². The highest BCUT2D eigenvalue weighted by Crippen LogP contribution is 2.24. The Morgan fingerprint density at radius 1 is 0.844 bits per heavy atom. The minimum atomic E-state index is -0.768. The predicted molar refractivity (Wildman–Crippen MR) is 115 cm³/mol. The fraction of sp³-hybridized carbons (Fsp3) is 0.591. The molecule has 1 aromatic rings. The van der Waals surface area contributed by atoms with Crippen molar-refractivity contribution in [3.8, 4) is 5.75 Å². The van der Waals surface area contributed by atoms with Gasteiger partial charge in [-0.25, -0.2) is 9.59 Å². The molecule has 32 heavy (non-hydrogen) atoms. The Kier molecular flexibility index (Phi) is 14.5. The second-order valence-corrected chi connectivity index (χ2v) is 6.49. The molecule has 0 saturated heterocycles. The van der Waals surface area contributed by atoms with Crippen LogP contribution in [0.2, 0.25) is 0 Å². The lowest BCUT2D eigenvalue weighted by molar-refractivity contribution is -0.123. The van der Waals surface area contributed by atoms with Gasteiger partial charge in [-0.1, -0.05) is 13.0 Å². The lowest BCUT2D eigenvalue weighted by Crippen LogP contribution is -2.30. The molecule has 10 nitrogen and oxygen atoms in total. The van der Waals surface area contributed by atoms with Crippen molar-refractivity contribution < 1.29 is 42.8 Å². The molecule has 180 valence electrons. The topological polar surface area (TPSA) is 119 Å². The van der Waals surface area contributed by atoms with E-state index in [-0.39, 0.29) is 29.4 Å². The maximum absolute atomic E-state index is 12.1. The van der Waals surface area contributed by atoms with Crippen molar-refractivity contribution in [3.05, 3.63) is 29.3 Å². The van der Waals surface area contributed by atoms with Crippen LogP contribution in [0.1, 0.15) is 40.5 Å². The third-order valence-corrected chi connectivity index (χ3v) is 4.06. The maximum Gasteiger partial charge on any atom is 0.342 e. The van der Waals surface area contributed by atoms with E-state index in [1.54, 1.807) is 0 Å². The lowest BCUT2D eigenvalue weighted by atomic mass is 10.1. The SMILES string of the molecule is CCCOCCOCCOCCCNC(=O)COc1cccc(C(=O)OC)c1C(=O)OC. The summed E-state index contributed by atoms with van der Waals surface area (Å²) in [6.07, 6.45) is 1.61. The summed E-state index contributed by atoms with van der Waals surface area (Å²) in [5.41, 5.74) is -0.103. The van der Waals surface area contributed by atoms with E-state index in [4.69, 9.17) is 23.7 Å². The van der Waals surface area contributed by atoms with Gasteiger partial charge in [0.05, 0.1) is 46.2 Å². The van der Waals surface area contributed by atoms with E-state index in [1.807, 2.05) is 0 Å². The molecule has 0 aliphatic heterocycles. The van der Waals surface area contributed by atoms with Gasteiger partial charge in [0.2, 0.25) is 0 Å². The van der Waals surface area contributed by atoms with Gasteiger partial charge in [-0.15, -0.1) is 0 Å². The Morgan fingerprint density at radius 2 is 1.47 bits per heavy atom. The number of rotatable bonds is 17. The van der Waals surface area contributed by atoms with Crippen molar-refractivity contribution in [1.82, 2.24) is 5.32 Å². The maximum atomic E-state index is 12.1. The lowest BCUT2D eigenvalue weighted by Gasteiger charge is -2.13. The summed E-state index contributed by atoms with van der Waals surface area (Å²) in [7, 11) is 2.38. The Balaban J connectivity index is 2.27. The zero-order chi connectivity index (χ0) is 23.6. The number of carbonyl (C=O) groups is 3. The van der Waals surface area contributed by atoms with E-state index >= 15 is 0 Å². The number of benzene rings is 1. The average Bonchev–Trinajstić information content (AvgIpc) is 2.82. The largest absolute Gasteiger partial charge is 0.483 e. The number of amides is 1. The van der Waals surface area contributed by atoms with Crippen molar-refractivity contribution in [2.45, 2.75) is 19.8 Å². The Labute approximate surface area is 188 Å². The van der Waals surface area contributed by atoms with Crippen LogP contribution in [0.3, 0.4) is 0 Å². The van der Waals surface area contributed by atoms with Crippen LogP contribution >= 0.6 is 0 Å². The third kappa shape index (κ3) is 10.6. The Bertz CT molecular complexity index is 709. The zero-order valence-electron chi connectivity index (χ0n) is 19.0. The molecule has 0 bridgehead atoms. The van der Waals surface area contributed by atoms with Crippen molar-refractivity contribution in [3.63, 3.8) is 0 Å². The van der Waals surface area contributed by atoms with E-state index < -0.39 is 11.9 Å². The van der Waals surface area contributed by atoms with Crippen molar-refractivity contribution >= 4 is 17.8 Å². The van der Waals surface area contributed by atoms with Crippen molar-refractivity contribution in [2.24, 2.45) is 0 Å². The fourth-order valence-electron chi connectivity index (χ4n) is 2.53. The molecular formula is C22H33NO9. The van der Waals surface area contributed by atoms with Gasteiger partial charge in [0.25, 0.3) is 5.91 Å². The van der Waals surface area contributed by atoms with E-state index in [9.17, 15) is 14.4 Å². The number of methoxy groups -OCH3 is 2. The van der Waals surface area contributed by atoms with Crippen LogP contribution in [-0.4, -0.2) is 84.9 Å². The van der Waals surface area contributed by atoms with Crippen molar-refractivity contribution in [1.29, 1.82) is 0 Å². The highest BCUT2D eigenvalue weighted by molar-refractivity contribution is 6.05. The molecule has 0 radical (unpaired) electrons. The van der Waals surface area contributed by atoms with Crippen LogP contribution in [-0.2, 0) is 28.5 Å². The van der Waals surface area contributed by atoms with Gasteiger partial charge in [0.1, 0.15) is 11.3 Å². The van der Waals surface area contributed by atoms with Gasteiger partial charge in [-0.3, -0.25) is 4.79 Å². The van der Waals surface area contributed by atoms with Gasteiger partial charge < -0.3 is 33.7 Å². The number of carbonyl (C=O) groups excluding carboxylic acids is 3. The number of hydrogen-bond donors (Lipinski definition) is 1. The predicted octanol–water partition coefficient (Wildman–Crippen LogP) is 1.60. The van der Waals surface area contributed by atoms with E-state index in [0.717, 1.165) is 13.0 Å². The molecular weight excluding hydrogens is 422 g/mol. The van der Waals surface area contributed by atoms with Gasteiger partial charge >= 0.3 is 11.9 Å². The Morgan fingerprint density at radius 3 is 2.09 bits per heavy atom. The molecule has 0 spiro atoms. The van der Waals surface area contributed by atoms with Crippen LogP contribution < -0.4 is 10.1 Å².